The molecular weight excluding hydrogens is 250 g/mol. The van der Waals surface area contributed by atoms with Gasteiger partial charge in [0.25, 0.3) is 0 Å². The zero-order valence-corrected chi connectivity index (χ0v) is 12.5. The first-order valence-electron chi connectivity index (χ1n) is 7.54. The van der Waals surface area contributed by atoms with Gasteiger partial charge in [0, 0.05) is 37.9 Å². The standard InChI is InChI=1S/C16H25N3O/c1-13(2)16(20)18-10-15-4-3-9-19(12-15)11-14-5-7-17-8-6-14/h5-8,13,15H,3-4,9-12H2,1-2H3,(H,18,20). The Morgan fingerprint density at radius 3 is 2.90 bits per heavy atom. The van der Waals surface area contributed by atoms with Crippen LogP contribution in [0.2, 0.25) is 0 Å². The molecule has 110 valence electrons. The van der Waals surface area contributed by atoms with Gasteiger partial charge in [-0.3, -0.25) is 14.7 Å². The lowest BCUT2D eigenvalue weighted by Crippen LogP contribution is -2.41. The number of pyridine rings is 1. The van der Waals surface area contributed by atoms with Gasteiger partial charge >= 0.3 is 0 Å². The third-order valence-corrected chi connectivity index (χ3v) is 3.85. The molecule has 0 radical (unpaired) electrons. The number of carbonyl (C=O) groups is 1. The van der Waals surface area contributed by atoms with Crippen LogP contribution in [0.4, 0.5) is 0 Å². The van der Waals surface area contributed by atoms with E-state index in [-0.39, 0.29) is 11.8 Å². The molecule has 4 nitrogen and oxygen atoms in total. The molecule has 1 aliphatic rings. The van der Waals surface area contributed by atoms with Gasteiger partial charge in [0.05, 0.1) is 0 Å². The summed E-state index contributed by atoms with van der Waals surface area (Å²) < 4.78 is 0. The van der Waals surface area contributed by atoms with Crippen molar-refractivity contribution in [1.82, 2.24) is 15.2 Å². The molecule has 0 bridgehead atoms. The van der Waals surface area contributed by atoms with E-state index in [1.807, 2.05) is 26.2 Å². The first kappa shape index (κ1) is 15.0. The van der Waals surface area contributed by atoms with Gasteiger partial charge < -0.3 is 5.32 Å². The largest absolute Gasteiger partial charge is 0.356 e. The molecule has 0 aliphatic carbocycles. The number of nitrogens with zero attached hydrogens (tertiary/aromatic N) is 2. The highest BCUT2D eigenvalue weighted by Crippen LogP contribution is 2.18. The minimum absolute atomic E-state index is 0.0755. The lowest BCUT2D eigenvalue weighted by Gasteiger charge is -2.33. The molecule has 1 aliphatic heterocycles. The van der Waals surface area contributed by atoms with E-state index in [0.29, 0.717) is 5.92 Å². The molecule has 1 amide bonds. The Kier molecular flexibility index (Phi) is 5.53. The van der Waals surface area contributed by atoms with Crippen molar-refractivity contribution in [2.75, 3.05) is 19.6 Å². The fourth-order valence-corrected chi connectivity index (χ4v) is 2.66. The zero-order chi connectivity index (χ0) is 14.4. The molecule has 0 saturated carbocycles. The van der Waals surface area contributed by atoms with Crippen LogP contribution in [0.5, 0.6) is 0 Å². The summed E-state index contributed by atoms with van der Waals surface area (Å²) in [4.78, 5) is 18.2. The second-order valence-electron chi connectivity index (χ2n) is 6.00. The van der Waals surface area contributed by atoms with Crippen molar-refractivity contribution in [1.29, 1.82) is 0 Å². The van der Waals surface area contributed by atoms with Gasteiger partial charge in [0.15, 0.2) is 0 Å². The second-order valence-corrected chi connectivity index (χ2v) is 6.00. The predicted molar refractivity (Wildman–Crippen MR) is 80.1 cm³/mol. The number of nitrogens with one attached hydrogen (secondary N) is 1. The number of hydrogen-bond acceptors (Lipinski definition) is 3. The van der Waals surface area contributed by atoms with Crippen molar-refractivity contribution in [3.8, 4) is 0 Å². The summed E-state index contributed by atoms with van der Waals surface area (Å²) >= 11 is 0. The normalized spacial score (nSPS) is 20.1. The molecule has 1 aromatic rings. The van der Waals surface area contributed by atoms with E-state index in [4.69, 9.17) is 0 Å². The number of aromatic nitrogens is 1. The van der Waals surface area contributed by atoms with Crippen molar-refractivity contribution in [2.45, 2.75) is 33.2 Å². The van der Waals surface area contributed by atoms with E-state index in [9.17, 15) is 4.79 Å². The smallest absolute Gasteiger partial charge is 0.222 e. The van der Waals surface area contributed by atoms with Crippen LogP contribution < -0.4 is 5.32 Å². The van der Waals surface area contributed by atoms with E-state index in [1.165, 1.54) is 18.4 Å². The van der Waals surface area contributed by atoms with Crippen LogP contribution in [-0.4, -0.2) is 35.4 Å². The van der Waals surface area contributed by atoms with Crippen LogP contribution in [0.3, 0.4) is 0 Å². The van der Waals surface area contributed by atoms with E-state index in [1.54, 1.807) is 0 Å². The summed E-state index contributed by atoms with van der Waals surface area (Å²) in [6.07, 6.45) is 6.12. The molecule has 1 saturated heterocycles. The number of likely N-dealkylation sites (tertiary alicyclic amines) is 1. The number of hydrogen-bond donors (Lipinski definition) is 1. The van der Waals surface area contributed by atoms with E-state index in [0.717, 1.165) is 26.2 Å². The number of rotatable bonds is 5. The molecule has 0 spiro atoms. The molecule has 1 atom stereocenters. The van der Waals surface area contributed by atoms with Gasteiger partial charge in [-0.05, 0) is 43.0 Å². The lowest BCUT2D eigenvalue weighted by atomic mass is 9.97. The lowest BCUT2D eigenvalue weighted by molar-refractivity contribution is -0.124. The highest BCUT2D eigenvalue weighted by molar-refractivity contribution is 5.77. The average molecular weight is 275 g/mol. The molecule has 2 rings (SSSR count). The van der Waals surface area contributed by atoms with E-state index in [2.05, 4.69) is 27.3 Å². The number of piperidine rings is 1. The molecule has 1 fully saturated rings. The summed E-state index contributed by atoms with van der Waals surface area (Å²) in [7, 11) is 0. The summed E-state index contributed by atoms with van der Waals surface area (Å²) in [5.74, 6) is 0.816. The summed E-state index contributed by atoms with van der Waals surface area (Å²) in [5.41, 5.74) is 1.31. The Labute approximate surface area is 121 Å². The van der Waals surface area contributed by atoms with Gasteiger partial charge in [0.2, 0.25) is 5.91 Å². The molecule has 2 heterocycles. The van der Waals surface area contributed by atoms with Crippen molar-refractivity contribution >= 4 is 5.91 Å². The molecule has 1 N–H and O–H groups in total. The summed E-state index contributed by atoms with van der Waals surface area (Å²) in [5, 5.41) is 3.06. The Hall–Kier alpha value is -1.42. The number of amides is 1. The average Bonchev–Trinajstić information content (AvgIpc) is 2.46. The third-order valence-electron chi connectivity index (χ3n) is 3.85. The maximum Gasteiger partial charge on any atom is 0.222 e. The molecule has 4 heteroatoms. The van der Waals surface area contributed by atoms with E-state index < -0.39 is 0 Å². The third kappa shape index (κ3) is 4.60. The van der Waals surface area contributed by atoms with Gasteiger partial charge in [0.1, 0.15) is 0 Å². The minimum atomic E-state index is 0.0755. The first-order valence-corrected chi connectivity index (χ1v) is 7.54. The van der Waals surface area contributed by atoms with Gasteiger partial charge in [-0.25, -0.2) is 0 Å². The van der Waals surface area contributed by atoms with Crippen molar-refractivity contribution < 1.29 is 4.79 Å². The van der Waals surface area contributed by atoms with Gasteiger partial charge in [-0.2, -0.15) is 0 Å². The number of carbonyl (C=O) groups excluding carboxylic acids is 1. The monoisotopic (exact) mass is 275 g/mol. The zero-order valence-electron chi connectivity index (χ0n) is 12.5. The summed E-state index contributed by atoms with van der Waals surface area (Å²) in [6.45, 7) is 7.89. The Balaban J connectivity index is 1.78. The molecule has 0 aromatic carbocycles. The van der Waals surface area contributed by atoms with Crippen molar-refractivity contribution in [3.63, 3.8) is 0 Å². The van der Waals surface area contributed by atoms with Crippen LogP contribution in [-0.2, 0) is 11.3 Å². The van der Waals surface area contributed by atoms with Gasteiger partial charge in [-0.1, -0.05) is 13.8 Å². The first-order chi connectivity index (χ1) is 9.65. The van der Waals surface area contributed by atoms with Crippen LogP contribution in [0.25, 0.3) is 0 Å². The highest BCUT2D eigenvalue weighted by atomic mass is 16.1. The second kappa shape index (κ2) is 7.39. The fraction of sp³-hybridized carbons (Fsp3) is 0.625. The van der Waals surface area contributed by atoms with Crippen LogP contribution in [0, 0.1) is 11.8 Å². The van der Waals surface area contributed by atoms with Crippen LogP contribution in [0.1, 0.15) is 32.3 Å². The van der Waals surface area contributed by atoms with Crippen molar-refractivity contribution in [3.05, 3.63) is 30.1 Å². The van der Waals surface area contributed by atoms with Crippen molar-refractivity contribution in [2.24, 2.45) is 11.8 Å². The molecule has 1 unspecified atom stereocenters. The topological polar surface area (TPSA) is 45.2 Å². The highest BCUT2D eigenvalue weighted by Gasteiger charge is 2.20. The maximum atomic E-state index is 11.6. The Morgan fingerprint density at radius 1 is 1.45 bits per heavy atom. The predicted octanol–water partition coefficient (Wildman–Crippen LogP) is 2.07. The Bertz CT molecular complexity index is 419. The quantitative estimate of drug-likeness (QED) is 0.894. The molecule has 1 aromatic heterocycles. The SMILES string of the molecule is CC(C)C(=O)NCC1CCCN(Cc2ccncc2)C1. The maximum absolute atomic E-state index is 11.6. The summed E-state index contributed by atoms with van der Waals surface area (Å²) in [6, 6.07) is 4.15. The minimum Gasteiger partial charge on any atom is -0.356 e. The van der Waals surface area contributed by atoms with Gasteiger partial charge in [-0.15, -0.1) is 0 Å². The fourth-order valence-electron chi connectivity index (χ4n) is 2.66. The van der Waals surface area contributed by atoms with E-state index >= 15 is 0 Å². The Morgan fingerprint density at radius 2 is 2.20 bits per heavy atom. The molecular formula is C16H25N3O. The van der Waals surface area contributed by atoms with Crippen LogP contribution in [0.15, 0.2) is 24.5 Å². The van der Waals surface area contributed by atoms with Crippen LogP contribution >= 0.6 is 0 Å². The molecule has 20 heavy (non-hydrogen) atoms.